The Morgan fingerprint density at radius 1 is 1.11 bits per heavy atom. The maximum absolute atomic E-state index is 10.1. The van der Waals surface area contributed by atoms with Crippen LogP contribution in [0, 0.1) is 0 Å². The number of methoxy groups -OCH3 is 1. The molecule has 0 saturated carbocycles. The quantitative estimate of drug-likeness (QED) is 0.810. The maximum atomic E-state index is 10.1. The Morgan fingerprint density at radius 2 is 1.83 bits per heavy atom. The van der Waals surface area contributed by atoms with Crippen molar-refractivity contribution in [3.05, 3.63) is 29.3 Å². The van der Waals surface area contributed by atoms with Gasteiger partial charge < -0.3 is 14.9 Å². The highest BCUT2D eigenvalue weighted by Crippen LogP contribution is 2.47. The molecule has 1 aromatic carbocycles. The fraction of sp³-hybridized carbons (Fsp3) is 0.286. The first-order valence-corrected chi connectivity index (χ1v) is 5.91. The molecule has 1 heterocycles. The summed E-state index contributed by atoms with van der Waals surface area (Å²) >= 11 is 0. The average molecular weight is 245 g/mol. The van der Waals surface area contributed by atoms with Crippen molar-refractivity contribution in [3.8, 4) is 28.6 Å². The third-order valence-electron chi connectivity index (χ3n) is 3.68. The molecule has 2 aromatic rings. The van der Waals surface area contributed by atoms with Crippen LogP contribution >= 0.6 is 0 Å². The van der Waals surface area contributed by atoms with E-state index in [0.29, 0.717) is 6.42 Å². The van der Waals surface area contributed by atoms with Crippen molar-refractivity contribution in [3.63, 3.8) is 0 Å². The summed E-state index contributed by atoms with van der Waals surface area (Å²) in [6.07, 6.45) is 1.52. The maximum Gasteiger partial charge on any atom is 0.202 e. The Kier molecular flexibility index (Phi) is 2.26. The van der Waals surface area contributed by atoms with Crippen molar-refractivity contribution in [1.82, 2.24) is 4.57 Å². The van der Waals surface area contributed by atoms with E-state index in [2.05, 4.69) is 0 Å². The monoisotopic (exact) mass is 245 g/mol. The molecule has 3 rings (SSSR count). The lowest BCUT2D eigenvalue weighted by atomic mass is 9.87. The Balaban J connectivity index is 2.33. The zero-order valence-electron chi connectivity index (χ0n) is 10.4. The van der Waals surface area contributed by atoms with Gasteiger partial charge in [0.1, 0.15) is 5.75 Å². The Hall–Kier alpha value is -2.10. The van der Waals surface area contributed by atoms with Crippen LogP contribution in [0.3, 0.4) is 0 Å². The summed E-state index contributed by atoms with van der Waals surface area (Å²) in [5.41, 5.74) is 3.59. The number of hydrogen-bond acceptors (Lipinski definition) is 3. The molecule has 0 spiro atoms. The normalized spacial score (nSPS) is 13.0. The van der Waals surface area contributed by atoms with Gasteiger partial charge >= 0.3 is 0 Å². The standard InChI is InChI=1S/C14H15NO3/c1-15-13(16)10-7-6-8-9(12(10)14(15)17)4-3-5-11(8)18-2/h3-5,16-17H,6-7H2,1-2H3. The van der Waals surface area contributed by atoms with E-state index in [1.807, 2.05) is 18.2 Å². The number of nitrogens with zero attached hydrogens (tertiary/aromatic N) is 1. The van der Waals surface area contributed by atoms with Crippen molar-refractivity contribution in [2.45, 2.75) is 12.8 Å². The Labute approximate surface area is 105 Å². The number of benzene rings is 1. The van der Waals surface area contributed by atoms with Gasteiger partial charge in [0, 0.05) is 18.2 Å². The van der Waals surface area contributed by atoms with Crippen molar-refractivity contribution in [2.24, 2.45) is 7.05 Å². The Bertz CT molecular complexity index is 628. The molecule has 2 N–H and O–H groups in total. The van der Waals surface area contributed by atoms with Crippen LogP contribution in [0.5, 0.6) is 17.5 Å². The fourth-order valence-corrected chi connectivity index (χ4v) is 2.74. The highest BCUT2D eigenvalue weighted by Gasteiger charge is 2.28. The van der Waals surface area contributed by atoms with Gasteiger partial charge in [-0.1, -0.05) is 12.1 Å². The molecule has 0 atom stereocenters. The van der Waals surface area contributed by atoms with E-state index in [0.717, 1.165) is 34.4 Å². The van der Waals surface area contributed by atoms with Gasteiger partial charge in [-0.25, -0.2) is 0 Å². The van der Waals surface area contributed by atoms with Gasteiger partial charge in [0.25, 0.3) is 0 Å². The van der Waals surface area contributed by atoms with E-state index < -0.39 is 0 Å². The summed E-state index contributed by atoms with van der Waals surface area (Å²) in [6, 6.07) is 5.77. The van der Waals surface area contributed by atoms with Crippen LogP contribution in [0.25, 0.3) is 11.1 Å². The SMILES string of the molecule is COc1cccc2c1CCc1c-2c(O)n(C)c1O. The van der Waals surface area contributed by atoms with Crippen molar-refractivity contribution < 1.29 is 14.9 Å². The number of fused-ring (bicyclic) bond motifs is 3. The fourth-order valence-electron chi connectivity index (χ4n) is 2.74. The average Bonchev–Trinajstić information content (AvgIpc) is 2.63. The molecule has 0 fully saturated rings. The minimum absolute atomic E-state index is 0.108. The first kappa shape index (κ1) is 11.0. The lowest BCUT2D eigenvalue weighted by molar-refractivity contribution is 0.385. The summed E-state index contributed by atoms with van der Waals surface area (Å²) in [5, 5.41) is 20.1. The predicted octanol–water partition coefficient (Wildman–Crippen LogP) is 2.21. The van der Waals surface area contributed by atoms with Crippen LogP contribution in [0.15, 0.2) is 18.2 Å². The van der Waals surface area contributed by atoms with Gasteiger partial charge in [-0.15, -0.1) is 0 Å². The summed E-state index contributed by atoms with van der Waals surface area (Å²) < 4.78 is 6.77. The summed E-state index contributed by atoms with van der Waals surface area (Å²) in [6.45, 7) is 0. The van der Waals surface area contributed by atoms with Gasteiger partial charge in [0.15, 0.2) is 5.88 Å². The molecule has 4 nitrogen and oxygen atoms in total. The molecule has 1 aliphatic rings. The topological polar surface area (TPSA) is 54.6 Å². The van der Waals surface area contributed by atoms with Gasteiger partial charge in [-0.3, -0.25) is 4.57 Å². The second kappa shape index (κ2) is 3.70. The second-order valence-corrected chi connectivity index (χ2v) is 4.55. The number of hydrogen-bond donors (Lipinski definition) is 2. The third-order valence-corrected chi connectivity index (χ3v) is 3.68. The van der Waals surface area contributed by atoms with E-state index in [-0.39, 0.29) is 11.8 Å². The van der Waals surface area contributed by atoms with Crippen molar-refractivity contribution >= 4 is 0 Å². The lowest BCUT2D eigenvalue weighted by Gasteiger charge is -2.19. The first-order chi connectivity index (χ1) is 8.65. The van der Waals surface area contributed by atoms with E-state index in [1.165, 1.54) is 4.57 Å². The molecular formula is C14H15NO3. The number of aromatic hydroxyl groups is 2. The highest BCUT2D eigenvalue weighted by atomic mass is 16.5. The molecule has 0 bridgehead atoms. The number of aromatic nitrogens is 1. The summed E-state index contributed by atoms with van der Waals surface area (Å²) in [5.74, 6) is 1.09. The minimum Gasteiger partial charge on any atom is -0.496 e. The Morgan fingerprint density at radius 3 is 2.56 bits per heavy atom. The van der Waals surface area contributed by atoms with Crippen LogP contribution in [-0.2, 0) is 19.9 Å². The molecular weight excluding hydrogens is 230 g/mol. The second-order valence-electron chi connectivity index (χ2n) is 4.55. The van der Waals surface area contributed by atoms with Crippen LogP contribution in [0.4, 0.5) is 0 Å². The van der Waals surface area contributed by atoms with Crippen molar-refractivity contribution in [2.75, 3.05) is 7.11 Å². The molecule has 94 valence electrons. The molecule has 0 aliphatic heterocycles. The molecule has 1 aliphatic carbocycles. The van der Waals surface area contributed by atoms with Crippen LogP contribution in [0.1, 0.15) is 11.1 Å². The number of ether oxygens (including phenoxy) is 1. The molecule has 1 aromatic heterocycles. The van der Waals surface area contributed by atoms with Gasteiger partial charge in [-0.2, -0.15) is 0 Å². The smallest absolute Gasteiger partial charge is 0.202 e. The molecule has 18 heavy (non-hydrogen) atoms. The summed E-state index contributed by atoms with van der Waals surface area (Å²) in [4.78, 5) is 0. The van der Waals surface area contributed by atoms with Crippen molar-refractivity contribution in [1.29, 1.82) is 0 Å². The van der Waals surface area contributed by atoms with Crippen LogP contribution < -0.4 is 4.74 Å². The van der Waals surface area contributed by atoms with Crippen LogP contribution in [-0.4, -0.2) is 21.9 Å². The molecule has 0 amide bonds. The summed E-state index contributed by atoms with van der Waals surface area (Å²) in [7, 11) is 3.30. The molecule has 0 unspecified atom stereocenters. The van der Waals surface area contributed by atoms with E-state index in [9.17, 15) is 10.2 Å². The zero-order chi connectivity index (χ0) is 12.9. The third kappa shape index (κ3) is 1.26. The van der Waals surface area contributed by atoms with E-state index in [4.69, 9.17) is 4.74 Å². The minimum atomic E-state index is 0.108. The molecule has 0 saturated heterocycles. The van der Waals surface area contributed by atoms with Gasteiger partial charge in [0.2, 0.25) is 5.88 Å². The van der Waals surface area contributed by atoms with E-state index >= 15 is 0 Å². The predicted molar refractivity (Wildman–Crippen MR) is 68.1 cm³/mol. The van der Waals surface area contributed by atoms with Gasteiger partial charge in [0.05, 0.1) is 12.7 Å². The highest BCUT2D eigenvalue weighted by molar-refractivity contribution is 5.81. The first-order valence-electron chi connectivity index (χ1n) is 5.91. The largest absolute Gasteiger partial charge is 0.496 e. The zero-order valence-corrected chi connectivity index (χ0v) is 10.4. The van der Waals surface area contributed by atoms with Gasteiger partial charge in [-0.05, 0) is 24.5 Å². The van der Waals surface area contributed by atoms with Crippen LogP contribution in [0.2, 0.25) is 0 Å². The lowest BCUT2D eigenvalue weighted by Crippen LogP contribution is -2.04. The number of rotatable bonds is 1. The molecule has 4 heteroatoms. The molecule has 0 radical (unpaired) electrons. The van der Waals surface area contributed by atoms with E-state index in [1.54, 1.807) is 14.2 Å².